The number of ether oxygens (including phenoxy) is 1. The predicted octanol–water partition coefficient (Wildman–Crippen LogP) is 2.04. The first-order valence-corrected chi connectivity index (χ1v) is 8.06. The summed E-state index contributed by atoms with van der Waals surface area (Å²) in [6.07, 6.45) is 4.49. The van der Waals surface area contributed by atoms with Crippen LogP contribution < -0.4 is 10.6 Å². The lowest BCUT2D eigenvalue weighted by Gasteiger charge is -2.59. The van der Waals surface area contributed by atoms with Crippen LogP contribution in [0.1, 0.15) is 52.9 Å². The number of rotatable bonds is 4. The SMILES string of the molecule is COC1(C)CC(NC(=O)NCC2CCCC(O)C2)C1(C)C. The van der Waals surface area contributed by atoms with Crippen molar-refractivity contribution >= 4 is 6.03 Å². The van der Waals surface area contributed by atoms with Crippen LogP contribution in [0.5, 0.6) is 0 Å². The molecule has 4 atom stereocenters. The molecule has 21 heavy (non-hydrogen) atoms. The summed E-state index contributed by atoms with van der Waals surface area (Å²) in [6.45, 7) is 7.00. The highest BCUT2D eigenvalue weighted by molar-refractivity contribution is 5.74. The molecular weight excluding hydrogens is 268 g/mol. The average Bonchev–Trinajstić information content (AvgIpc) is 2.44. The van der Waals surface area contributed by atoms with Gasteiger partial charge in [-0.05, 0) is 38.5 Å². The summed E-state index contributed by atoms with van der Waals surface area (Å²) in [5.74, 6) is 0.401. The first kappa shape index (κ1) is 16.6. The van der Waals surface area contributed by atoms with Crippen molar-refractivity contribution in [1.29, 1.82) is 0 Å². The third-order valence-electron chi connectivity index (χ3n) is 5.89. The zero-order chi connectivity index (χ0) is 15.7. The number of amides is 2. The highest BCUT2D eigenvalue weighted by Crippen LogP contribution is 2.51. The summed E-state index contributed by atoms with van der Waals surface area (Å²) < 4.78 is 5.57. The molecule has 0 saturated heterocycles. The topological polar surface area (TPSA) is 70.6 Å². The lowest BCUT2D eigenvalue weighted by molar-refractivity contribution is -0.177. The van der Waals surface area contributed by atoms with Crippen molar-refractivity contribution in [3.05, 3.63) is 0 Å². The third-order valence-corrected chi connectivity index (χ3v) is 5.89. The van der Waals surface area contributed by atoms with Crippen LogP contribution in [0.25, 0.3) is 0 Å². The zero-order valence-corrected chi connectivity index (χ0v) is 13.7. The zero-order valence-electron chi connectivity index (χ0n) is 13.7. The highest BCUT2D eigenvalue weighted by Gasteiger charge is 2.58. The number of hydrogen-bond acceptors (Lipinski definition) is 3. The number of hydrogen-bond donors (Lipinski definition) is 3. The van der Waals surface area contributed by atoms with E-state index in [0.717, 1.165) is 32.1 Å². The molecule has 2 saturated carbocycles. The minimum atomic E-state index is -0.193. The number of aliphatic hydroxyl groups is 1. The number of carbonyl (C=O) groups is 1. The third kappa shape index (κ3) is 3.34. The number of nitrogens with one attached hydrogen (secondary N) is 2. The first-order chi connectivity index (χ1) is 9.78. The molecule has 3 N–H and O–H groups in total. The molecule has 0 aromatic carbocycles. The van der Waals surface area contributed by atoms with E-state index in [1.54, 1.807) is 7.11 Å². The minimum Gasteiger partial charge on any atom is -0.393 e. The van der Waals surface area contributed by atoms with Crippen LogP contribution in [0.3, 0.4) is 0 Å². The van der Waals surface area contributed by atoms with Crippen LogP contribution in [0.15, 0.2) is 0 Å². The number of aliphatic hydroxyl groups excluding tert-OH is 1. The Bertz CT molecular complexity index is 386. The van der Waals surface area contributed by atoms with Gasteiger partial charge >= 0.3 is 6.03 Å². The summed E-state index contributed by atoms with van der Waals surface area (Å²) in [4.78, 5) is 12.0. The second kappa shape index (κ2) is 6.13. The highest BCUT2D eigenvalue weighted by atomic mass is 16.5. The lowest BCUT2D eigenvalue weighted by Crippen LogP contribution is -2.69. The Balaban J connectivity index is 1.73. The van der Waals surface area contributed by atoms with Crippen LogP contribution in [0.2, 0.25) is 0 Å². The molecule has 0 aromatic heterocycles. The van der Waals surface area contributed by atoms with Gasteiger partial charge in [-0.15, -0.1) is 0 Å². The van der Waals surface area contributed by atoms with Gasteiger partial charge in [0, 0.05) is 25.1 Å². The molecule has 2 amide bonds. The Hall–Kier alpha value is -0.810. The maximum absolute atomic E-state index is 12.0. The Morgan fingerprint density at radius 3 is 2.62 bits per heavy atom. The molecule has 5 heteroatoms. The Morgan fingerprint density at radius 1 is 1.33 bits per heavy atom. The van der Waals surface area contributed by atoms with Gasteiger partial charge in [0.25, 0.3) is 0 Å². The smallest absolute Gasteiger partial charge is 0.315 e. The van der Waals surface area contributed by atoms with Gasteiger partial charge in [-0.25, -0.2) is 4.79 Å². The molecule has 2 fully saturated rings. The van der Waals surface area contributed by atoms with Crippen molar-refractivity contribution < 1.29 is 14.6 Å². The molecule has 0 aromatic rings. The normalized spacial score (nSPS) is 38.4. The van der Waals surface area contributed by atoms with Crippen LogP contribution in [-0.2, 0) is 4.74 Å². The van der Waals surface area contributed by atoms with E-state index < -0.39 is 0 Å². The maximum Gasteiger partial charge on any atom is 0.315 e. The molecule has 0 heterocycles. The van der Waals surface area contributed by atoms with Gasteiger partial charge in [-0.2, -0.15) is 0 Å². The quantitative estimate of drug-likeness (QED) is 0.744. The van der Waals surface area contributed by atoms with Gasteiger partial charge in [0.1, 0.15) is 0 Å². The van der Waals surface area contributed by atoms with Crippen molar-refractivity contribution in [1.82, 2.24) is 10.6 Å². The van der Waals surface area contributed by atoms with E-state index in [2.05, 4.69) is 31.4 Å². The molecule has 0 spiro atoms. The number of carbonyl (C=O) groups excluding carboxylic acids is 1. The summed E-state index contributed by atoms with van der Waals surface area (Å²) in [6, 6.07) is 0.0330. The first-order valence-electron chi connectivity index (χ1n) is 8.06. The number of urea groups is 1. The fourth-order valence-electron chi connectivity index (χ4n) is 3.62. The molecule has 4 unspecified atom stereocenters. The van der Waals surface area contributed by atoms with Gasteiger partial charge in [-0.1, -0.05) is 20.3 Å². The van der Waals surface area contributed by atoms with Crippen LogP contribution in [0, 0.1) is 11.3 Å². The van der Waals surface area contributed by atoms with E-state index in [1.807, 2.05) is 0 Å². The van der Waals surface area contributed by atoms with Crippen molar-refractivity contribution in [3.63, 3.8) is 0 Å². The second-order valence-electron chi connectivity index (χ2n) is 7.45. The van der Waals surface area contributed by atoms with Gasteiger partial charge in [0.2, 0.25) is 0 Å². The molecule has 2 rings (SSSR count). The fraction of sp³-hybridized carbons (Fsp3) is 0.938. The molecule has 2 aliphatic rings. The number of methoxy groups -OCH3 is 1. The molecule has 0 radical (unpaired) electrons. The average molecular weight is 298 g/mol. The summed E-state index contributed by atoms with van der Waals surface area (Å²) >= 11 is 0. The van der Waals surface area contributed by atoms with E-state index in [9.17, 15) is 9.90 Å². The Labute approximate surface area is 127 Å². The van der Waals surface area contributed by atoms with Crippen molar-refractivity contribution in [3.8, 4) is 0 Å². The molecule has 0 bridgehead atoms. The van der Waals surface area contributed by atoms with E-state index in [0.29, 0.717) is 12.5 Å². The van der Waals surface area contributed by atoms with Gasteiger partial charge in [0.15, 0.2) is 0 Å². The van der Waals surface area contributed by atoms with Crippen LogP contribution >= 0.6 is 0 Å². The van der Waals surface area contributed by atoms with E-state index >= 15 is 0 Å². The monoisotopic (exact) mass is 298 g/mol. The van der Waals surface area contributed by atoms with E-state index in [1.165, 1.54) is 0 Å². The fourth-order valence-corrected chi connectivity index (χ4v) is 3.62. The van der Waals surface area contributed by atoms with Crippen LogP contribution in [-0.4, -0.2) is 42.5 Å². The summed E-state index contributed by atoms with van der Waals surface area (Å²) in [5.41, 5.74) is -0.238. The Morgan fingerprint density at radius 2 is 2.05 bits per heavy atom. The second-order valence-corrected chi connectivity index (χ2v) is 7.45. The van der Waals surface area contributed by atoms with Gasteiger partial charge in [-0.3, -0.25) is 0 Å². The van der Waals surface area contributed by atoms with E-state index in [4.69, 9.17) is 4.74 Å². The maximum atomic E-state index is 12.0. The standard InChI is InChI=1S/C16H30N2O3/c1-15(2)13(9-16(15,3)21-4)18-14(20)17-10-11-6-5-7-12(19)8-11/h11-13,19H,5-10H2,1-4H3,(H2,17,18,20). The summed E-state index contributed by atoms with van der Waals surface area (Å²) in [7, 11) is 1.73. The molecular formula is C16H30N2O3. The van der Waals surface area contributed by atoms with Crippen molar-refractivity contribution in [2.75, 3.05) is 13.7 Å². The predicted molar refractivity (Wildman–Crippen MR) is 82.1 cm³/mol. The van der Waals surface area contributed by atoms with Crippen LogP contribution in [0.4, 0.5) is 4.79 Å². The summed E-state index contributed by atoms with van der Waals surface area (Å²) in [5, 5.41) is 15.7. The molecule has 0 aliphatic heterocycles. The Kier molecular flexibility index (Phi) is 4.83. The molecule has 2 aliphatic carbocycles. The molecule has 122 valence electrons. The van der Waals surface area contributed by atoms with Gasteiger partial charge in [0.05, 0.1) is 11.7 Å². The van der Waals surface area contributed by atoms with Gasteiger partial charge < -0.3 is 20.5 Å². The van der Waals surface area contributed by atoms with Crippen molar-refractivity contribution in [2.45, 2.75) is 70.6 Å². The largest absolute Gasteiger partial charge is 0.393 e. The van der Waals surface area contributed by atoms with E-state index in [-0.39, 0.29) is 29.2 Å². The minimum absolute atomic E-state index is 0.0693. The van der Waals surface area contributed by atoms with Crippen molar-refractivity contribution in [2.24, 2.45) is 11.3 Å². The molecule has 5 nitrogen and oxygen atoms in total. The lowest BCUT2D eigenvalue weighted by atomic mass is 9.56.